The molecule has 1 amide bonds. The van der Waals surface area contributed by atoms with Gasteiger partial charge in [-0.05, 0) is 42.9 Å². The van der Waals surface area contributed by atoms with Gasteiger partial charge in [-0.15, -0.1) is 0 Å². The maximum atomic E-state index is 11.7. The molecule has 0 radical (unpaired) electrons. The van der Waals surface area contributed by atoms with Crippen LogP contribution in [0.4, 0.5) is 5.69 Å². The van der Waals surface area contributed by atoms with Gasteiger partial charge < -0.3 is 5.32 Å². The molecule has 0 saturated heterocycles. The predicted octanol–water partition coefficient (Wildman–Crippen LogP) is 3.62. The summed E-state index contributed by atoms with van der Waals surface area (Å²) >= 11 is 0. The highest BCUT2D eigenvalue weighted by atomic mass is 16.2. The lowest BCUT2D eigenvalue weighted by Gasteiger charge is -2.06. The second kappa shape index (κ2) is 5.35. The molecule has 2 rings (SSSR count). The Morgan fingerprint density at radius 2 is 2.00 bits per heavy atom. The fourth-order valence-electron chi connectivity index (χ4n) is 2.06. The first-order valence-electron chi connectivity index (χ1n) is 6.60. The highest BCUT2D eigenvalue weighted by molar-refractivity contribution is 5.94. The monoisotopic (exact) mass is 231 g/mol. The van der Waals surface area contributed by atoms with Crippen LogP contribution in [0.15, 0.2) is 24.3 Å². The van der Waals surface area contributed by atoms with Crippen molar-refractivity contribution in [3.8, 4) is 0 Å². The van der Waals surface area contributed by atoms with Gasteiger partial charge in [0.05, 0.1) is 0 Å². The normalized spacial score (nSPS) is 22.2. The number of hydrogen-bond donors (Lipinski definition) is 1. The Balaban J connectivity index is 1.87. The van der Waals surface area contributed by atoms with Gasteiger partial charge in [0.2, 0.25) is 5.91 Å². The summed E-state index contributed by atoms with van der Waals surface area (Å²) < 4.78 is 0. The number of amides is 1. The van der Waals surface area contributed by atoms with Crippen molar-refractivity contribution >= 4 is 11.6 Å². The summed E-state index contributed by atoms with van der Waals surface area (Å²) in [5.41, 5.74) is 2.28. The zero-order valence-corrected chi connectivity index (χ0v) is 10.7. The second-order valence-electron chi connectivity index (χ2n) is 5.11. The molecule has 2 nitrogen and oxygen atoms in total. The third-order valence-electron chi connectivity index (χ3n) is 3.49. The molecule has 92 valence electrons. The Kier molecular flexibility index (Phi) is 3.82. The zero-order chi connectivity index (χ0) is 12.3. The molecule has 0 aliphatic heterocycles. The van der Waals surface area contributed by atoms with Crippen LogP contribution in [0.2, 0.25) is 0 Å². The first-order chi connectivity index (χ1) is 8.20. The van der Waals surface area contributed by atoms with Crippen molar-refractivity contribution in [1.82, 2.24) is 0 Å². The van der Waals surface area contributed by atoms with Crippen LogP contribution in [0.25, 0.3) is 0 Å². The van der Waals surface area contributed by atoms with Gasteiger partial charge in [-0.3, -0.25) is 4.79 Å². The van der Waals surface area contributed by atoms with E-state index in [9.17, 15) is 4.79 Å². The Morgan fingerprint density at radius 3 is 2.53 bits per heavy atom. The summed E-state index contributed by atoms with van der Waals surface area (Å²) in [6.45, 7) is 4.32. The highest BCUT2D eigenvalue weighted by Crippen LogP contribution is 2.38. The summed E-state index contributed by atoms with van der Waals surface area (Å²) in [6, 6.07) is 8.25. The fraction of sp³-hybridized carbons (Fsp3) is 0.533. The lowest BCUT2D eigenvalue weighted by atomic mass is 10.1. The molecular formula is C15H21NO. The first-order valence-corrected chi connectivity index (χ1v) is 6.60. The van der Waals surface area contributed by atoms with Gasteiger partial charge in [0.1, 0.15) is 0 Å². The topological polar surface area (TPSA) is 29.1 Å². The van der Waals surface area contributed by atoms with E-state index in [0.29, 0.717) is 5.92 Å². The number of nitrogens with one attached hydrogen (secondary N) is 1. The van der Waals surface area contributed by atoms with Crippen molar-refractivity contribution in [2.45, 2.75) is 39.5 Å². The Bertz CT molecular complexity index is 382. The fourth-order valence-corrected chi connectivity index (χ4v) is 2.06. The third kappa shape index (κ3) is 3.32. The lowest BCUT2D eigenvalue weighted by Crippen LogP contribution is -2.14. The van der Waals surface area contributed by atoms with Gasteiger partial charge in [-0.25, -0.2) is 0 Å². The van der Waals surface area contributed by atoms with Gasteiger partial charge in [0.25, 0.3) is 0 Å². The van der Waals surface area contributed by atoms with E-state index < -0.39 is 0 Å². The van der Waals surface area contributed by atoms with Crippen molar-refractivity contribution in [3.63, 3.8) is 0 Å². The maximum Gasteiger partial charge on any atom is 0.227 e. The van der Waals surface area contributed by atoms with Gasteiger partial charge in [-0.1, -0.05) is 32.4 Å². The van der Waals surface area contributed by atoms with Crippen LogP contribution in [0.1, 0.15) is 38.7 Å². The molecule has 0 bridgehead atoms. The van der Waals surface area contributed by atoms with E-state index in [1.807, 2.05) is 12.1 Å². The van der Waals surface area contributed by atoms with Gasteiger partial charge in [-0.2, -0.15) is 0 Å². The average Bonchev–Trinajstić information content (AvgIpc) is 3.06. The van der Waals surface area contributed by atoms with Crippen molar-refractivity contribution in [1.29, 1.82) is 0 Å². The number of aryl methyl sites for hydroxylation is 1. The number of carbonyl (C=O) groups is 1. The van der Waals surface area contributed by atoms with Crippen LogP contribution in [0.5, 0.6) is 0 Å². The highest BCUT2D eigenvalue weighted by Gasteiger charge is 2.38. The molecule has 17 heavy (non-hydrogen) atoms. The minimum absolute atomic E-state index is 0.179. The van der Waals surface area contributed by atoms with Crippen molar-refractivity contribution in [2.24, 2.45) is 11.8 Å². The van der Waals surface area contributed by atoms with E-state index in [4.69, 9.17) is 0 Å². The molecule has 0 spiro atoms. The largest absolute Gasteiger partial charge is 0.326 e. The number of hydrogen-bond acceptors (Lipinski definition) is 1. The molecule has 1 saturated carbocycles. The Labute approximate surface area is 103 Å². The zero-order valence-electron chi connectivity index (χ0n) is 10.7. The van der Waals surface area contributed by atoms with Gasteiger partial charge in [0.15, 0.2) is 0 Å². The number of unbranched alkanes of at least 4 members (excludes halogenated alkanes) is 1. The number of rotatable bonds is 5. The summed E-state index contributed by atoms with van der Waals surface area (Å²) in [5, 5.41) is 2.98. The molecule has 2 heteroatoms. The van der Waals surface area contributed by atoms with Crippen LogP contribution < -0.4 is 5.32 Å². The third-order valence-corrected chi connectivity index (χ3v) is 3.49. The van der Waals surface area contributed by atoms with Gasteiger partial charge >= 0.3 is 0 Å². The first kappa shape index (κ1) is 12.2. The van der Waals surface area contributed by atoms with E-state index >= 15 is 0 Å². The minimum atomic E-state index is 0.179. The predicted molar refractivity (Wildman–Crippen MR) is 71.0 cm³/mol. The van der Waals surface area contributed by atoms with E-state index in [1.165, 1.54) is 18.4 Å². The summed E-state index contributed by atoms with van der Waals surface area (Å²) in [6.07, 6.45) is 4.62. The molecule has 0 aromatic heterocycles. The SMILES string of the molecule is CCCCc1ccc(NC(=O)C2CC2C)cc1. The molecule has 0 heterocycles. The van der Waals surface area contributed by atoms with Crippen molar-refractivity contribution < 1.29 is 4.79 Å². The molecular weight excluding hydrogens is 210 g/mol. The van der Waals surface area contributed by atoms with Crippen LogP contribution in [-0.4, -0.2) is 5.91 Å². The number of benzene rings is 1. The van der Waals surface area contributed by atoms with E-state index in [-0.39, 0.29) is 11.8 Å². The Morgan fingerprint density at radius 1 is 1.35 bits per heavy atom. The molecule has 1 aliphatic rings. The quantitative estimate of drug-likeness (QED) is 0.823. The molecule has 1 aromatic rings. The van der Waals surface area contributed by atoms with Crippen LogP contribution in [0, 0.1) is 11.8 Å². The molecule has 1 N–H and O–H groups in total. The minimum Gasteiger partial charge on any atom is -0.326 e. The second-order valence-corrected chi connectivity index (χ2v) is 5.11. The van der Waals surface area contributed by atoms with Crippen molar-refractivity contribution in [2.75, 3.05) is 5.32 Å². The number of carbonyl (C=O) groups excluding carboxylic acids is 1. The molecule has 1 aromatic carbocycles. The number of anilines is 1. The molecule has 1 aliphatic carbocycles. The van der Waals surface area contributed by atoms with Crippen LogP contribution in [0.3, 0.4) is 0 Å². The molecule has 2 atom stereocenters. The lowest BCUT2D eigenvalue weighted by molar-refractivity contribution is -0.117. The van der Waals surface area contributed by atoms with Crippen LogP contribution in [-0.2, 0) is 11.2 Å². The Hall–Kier alpha value is -1.31. The standard InChI is InChI=1S/C15H21NO/c1-3-4-5-12-6-8-13(9-7-12)16-15(17)14-10-11(14)2/h6-9,11,14H,3-5,10H2,1-2H3,(H,16,17). The summed E-state index contributed by atoms with van der Waals surface area (Å²) in [4.78, 5) is 11.7. The average molecular weight is 231 g/mol. The van der Waals surface area contributed by atoms with E-state index in [0.717, 1.165) is 18.5 Å². The van der Waals surface area contributed by atoms with Gasteiger partial charge in [0, 0.05) is 11.6 Å². The van der Waals surface area contributed by atoms with Crippen molar-refractivity contribution in [3.05, 3.63) is 29.8 Å². The molecule has 2 unspecified atom stereocenters. The van der Waals surface area contributed by atoms with Crippen LogP contribution >= 0.6 is 0 Å². The summed E-state index contributed by atoms with van der Waals surface area (Å²) in [5.74, 6) is 0.993. The van der Waals surface area contributed by atoms with E-state index in [1.54, 1.807) is 0 Å². The maximum absolute atomic E-state index is 11.7. The smallest absolute Gasteiger partial charge is 0.227 e. The van der Waals surface area contributed by atoms with E-state index in [2.05, 4.69) is 31.3 Å². The molecule has 1 fully saturated rings. The summed E-state index contributed by atoms with van der Waals surface area (Å²) in [7, 11) is 0.